The average Bonchev–Trinajstić information content (AvgIpc) is 3.26. The summed E-state index contributed by atoms with van der Waals surface area (Å²) in [4.78, 5) is 30.8. The lowest BCUT2D eigenvalue weighted by atomic mass is 10.0. The Morgan fingerprint density at radius 3 is 2.66 bits per heavy atom. The maximum Gasteiger partial charge on any atom is 0.324 e. The topological polar surface area (TPSA) is 79.3 Å². The third kappa shape index (κ3) is 3.85. The van der Waals surface area contributed by atoms with E-state index in [-0.39, 0.29) is 24.5 Å². The number of urea groups is 1. The van der Waals surface area contributed by atoms with Crippen LogP contribution in [-0.4, -0.2) is 28.0 Å². The number of amides is 3. The van der Waals surface area contributed by atoms with Gasteiger partial charge in [0.25, 0.3) is 0 Å². The van der Waals surface area contributed by atoms with E-state index in [1.54, 1.807) is 6.20 Å². The van der Waals surface area contributed by atoms with Gasteiger partial charge in [-0.25, -0.2) is 9.78 Å². The Labute approximate surface area is 169 Å². The quantitative estimate of drug-likeness (QED) is 0.712. The molecule has 7 nitrogen and oxygen atoms in total. The molecule has 0 fully saturated rings. The number of nitrogens with one attached hydrogen (secondary N) is 2. The van der Waals surface area contributed by atoms with E-state index in [9.17, 15) is 9.59 Å². The summed E-state index contributed by atoms with van der Waals surface area (Å²) in [7, 11) is 0. The smallest absolute Gasteiger partial charge is 0.324 e. The summed E-state index contributed by atoms with van der Waals surface area (Å²) in [5, 5.41) is 5.82. The number of pyridine rings is 1. The van der Waals surface area contributed by atoms with Gasteiger partial charge >= 0.3 is 6.03 Å². The van der Waals surface area contributed by atoms with Gasteiger partial charge in [-0.1, -0.05) is 19.1 Å². The number of hydrogen-bond donors (Lipinski definition) is 2. The number of anilines is 2. The first-order chi connectivity index (χ1) is 14.0. The fourth-order valence-corrected chi connectivity index (χ4v) is 3.48. The SMILES string of the molecule is CCC(NC(=O)N1CC(=O)Nc2cc(C)cnc21)c1ccc(-n2cccc2)cc1. The van der Waals surface area contributed by atoms with Crippen LogP contribution in [0.25, 0.3) is 5.69 Å². The van der Waals surface area contributed by atoms with Crippen LogP contribution in [-0.2, 0) is 4.79 Å². The maximum absolute atomic E-state index is 13.0. The zero-order valence-corrected chi connectivity index (χ0v) is 16.4. The number of hydrogen-bond acceptors (Lipinski definition) is 3. The van der Waals surface area contributed by atoms with E-state index in [4.69, 9.17) is 0 Å². The molecule has 1 aromatic carbocycles. The molecule has 4 rings (SSSR count). The van der Waals surface area contributed by atoms with Crippen molar-refractivity contribution in [2.45, 2.75) is 26.3 Å². The first-order valence-electron chi connectivity index (χ1n) is 9.63. The summed E-state index contributed by atoms with van der Waals surface area (Å²) >= 11 is 0. The molecule has 0 spiro atoms. The second kappa shape index (κ2) is 7.79. The fraction of sp³-hybridized carbons (Fsp3) is 0.227. The lowest BCUT2D eigenvalue weighted by molar-refractivity contribution is -0.115. The minimum atomic E-state index is -0.334. The molecule has 148 valence electrons. The van der Waals surface area contributed by atoms with Crippen molar-refractivity contribution in [3.8, 4) is 5.69 Å². The minimum Gasteiger partial charge on any atom is -0.331 e. The zero-order chi connectivity index (χ0) is 20.4. The van der Waals surface area contributed by atoms with Crippen LogP contribution in [0.5, 0.6) is 0 Å². The van der Waals surface area contributed by atoms with E-state index in [0.717, 1.165) is 23.2 Å². The molecule has 1 aliphatic heterocycles. The molecule has 3 aromatic rings. The molecule has 3 amide bonds. The van der Waals surface area contributed by atoms with Crippen LogP contribution in [0.4, 0.5) is 16.3 Å². The van der Waals surface area contributed by atoms with Crippen molar-refractivity contribution in [3.05, 3.63) is 72.2 Å². The standard InChI is InChI=1S/C22H23N5O2/c1-3-18(16-6-8-17(9-7-16)26-10-4-5-11-26)25-22(29)27-14-20(28)24-19-12-15(2)13-23-21(19)27/h4-13,18H,3,14H2,1-2H3,(H,24,28)(H,25,29). The monoisotopic (exact) mass is 389 g/mol. The molecular formula is C22H23N5O2. The van der Waals surface area contributed by atoms with Gasteiger partial charge in [0.2, 0.25) is 5.91 Å². The first kappa shape index (κ1) is 18.7. The van der Waals surface area contributed by atoms with Crippen molar-refractivity contribution in [1.82, 2.24) is 14.9 Å². The number of nitrogens with zero attached hydrogens (tertiary/aromatic N) is 3. The van der Waals surface area contributed by atoms with Crippen molar-refractivity contribution >= 4 is 23.4 Å². The van der Waals surface area contributed by atoms with Crippen LogP contribution in [0.15, 0.2) is 61.1 Å². The van der Waals surface area contributed by atoms with Crippen LogP contribution < -0.4 is 15.5 Å². The predicted molar refractivity (Wildman–Crippen MR) is 112 cm³/mol. The molecule has 0 bridgehead atoms. The lowest BCUT2D eigenvalue weighted by Crippen LogP contribution is -2.48. The minimum absolute atomic E-state index is 0.0576. The highest BCUT2D eigenvalue weighted by atomic mass is 16.2. The molecule has 0 saturated heterocycles. The Morgan fingerprint density at radius 2 is 1.97 bits per heavy atom. The Morgan fingerprint density at radius 1 is 1.24 bits per heavy atom. The van der Waals surface area contributed by atoms with Gasteiger partial charge in [0.15, 0.2) is 5.82 Å². The molecule has 0 radical (unpaired) electrons. The molecular weight excluding hydrogens is 366 g/mol. The van der Waals surface area contributed by atoms with Gasteiger partial charge in [-0.15, -0.1) is 0 Å². The molecule has 1 atom stereocenters. The fourth-order valence-electron chi connectivity index (χ4n) is 3.48. The van der Waals surface area contributed by atoms with E-state index in [2.05, 4.69) is 15.6 Å². The number of carbonyl (C=O) groups excluding carboxylic acids is 2. The highest BCUT2D eigenvalue weighted by molar-refractivity contribution is 6.08. The number of aryl methyl sites for hydroxylation is 1. The van der Waals surface area contributed by atoms with E-state index in [1.807, 2.05) is 73.3 Å². The Bertz CT molecular complexity index is 1030. The molecule has 1 unspecified atom stereocenters. The van der Waals surface area contributed by atoms with Crippen molar-refractivity contribution in [1.29, 1.82) is 0 Å². The van der Waals surface area contributed by atoms with Gasteiger partial charge < -0.3 is 15.2 Å². The lowest BCUT2D eigenvalue weighted by Gasteiger charge is -2.30. The van der Waals surface area contributed by atoms with Gasteiger partial charge in [-0.05, 0) is 54.8 Å². The second-order valence-corrected chi connectivity index (χ2v) is 7.11. The summed E-state index contributed by atoms with van der Waals surface area (Å²) < 4.78 is 2.03. The van der Waals surface area contributed by atoms with Crippen molar-refractivity contribution in [3.63, 3.8) is 0 Å². The Kier molecular flexibility index (Phi) is 5.03. The summed E-state index contributed by atoms with van der Waals surface area (Å²) in [6, 6.07) is 13.4. The molecule has 0 saturated carbocycles. The molecule has 29 heavy (non-hydrogen) atoms. The number of aromatic nitrogens is 2. The van der Waals surface area contributed by atoms with Crippen LogP contribution >= 0.6 is 0 Å². The number of carbonyl (C=O) groups is 2. The molecule has 3 heterocycles. The Hall–Kier alpha value is -3.61. The van der Waals surface area contributed by atoms with E-state index >= 15 is 0 Å². The van der Waals surface area contributed by atoms with Gasteiger partial charge in [-0.2, -0.15) is 0 Å². The third-order valence-electron chi connectivity index (χ3n) is 4.98. The molecule has 2 aromatic heterocycles. The molecule has 2 N–H and O–H groups in total. The summed E-state index contributed by atoms with van der Waals surface area (Å²) in [6.45, 7) is 3.85. The second-order valence-electron chi connectivity index (χ2n) is 7.11. The van der Waals surface area contributed by atoms with Gasteiger partial charge in [0.1, 0.15) is 6.54 Å². The molecule has 7 heteroatoms. The summed E-state index contributed by atoms with van der Waals surface area (Å²) in [5.41, 5.74) is 3.54. The van der Waals surface area contributed by atoms with Crippen molar-refractivity contribution in [2.75, 3.05) is 16.8 Å². The number of fused-ring (bicyclic) bond motifs is 1. The van der Waals surface area contributed by atoms with E-state index in [1.165, 1.54) is 4.90 Å². The van der Waals surface area contributed by atoms with Gasteiger partial charge in [-0.3, -0.25) is 9.69 Å². The highest BCUT2D eigenvalue weighted by Gasteiger charge is 2.29. The average molecular weight is 389 g/mol. The maximum atomic E-state index is 13.0. The highest BCUT2D eigenvalue weighted by Crippen LogP contribution is 2.28. The first-order valence-corrected chi connectivity index (χ1v) is 9.63. The van der Waals surface area contributed by atoms with Gasteiger partial charge in [0, 0.05) is 24.3 Å². The van der Waals surface area contributed by atoms with E-state index in [0.29, 0.717) is 11.5 Å². The number of benzene rings is 1. The predicted octanol–water partition coefficient (Wildman–Crippen LogP) is 3.80. The summed E-state index contributed by atoms with van der Waals surface area (Å²) in [5.74, 6) is 0.231. The van der Waals surface area contributed by atoms with Crippen LogP contribution in [0, 0.1) is 6.92 Å². The van der Waals surface area contributed by atoms with Gasteiger partial charge in [0.05, 0.1) is 11.7 Å². The molecule has 1 aliphatic rings. The largest absolute Gasteiger partial charge is 0.331 e. The van der Waals surface area contributed by atoms with Crippen molar-refractivity contribution in [2.24, 2.45) is 0 Å². The van der Waals surface area contributed by atoms with Crippen LogP contribution in [0.2, 0.25) is 0 Å². The Balaban J connectivity index is 1.53. The normalized spacial score (nSPS) is 14.1. The number of rotatable bonds is 4. The molecule has 0 aliphatic carbocycles. The van der Waals surface area contributed by atoms with E-state index < -0.39 is 0 Å². The van der Waals surface area contributed by atoms with Crippen molar-refractivity contribution < 1.29 is 9.59 Å². The van der Waals surface area contributed by atoms with Crippen LogP contribution in [0.3, 0.4) is 0 Å². The third-order valence-corrected chi connectivity index (χ3v) is 4.98. The van der Waals surface area contributed by atoms with Crippen LogP contribution in [0.1, 0.15) is 30.5 Å². The zero-order valence-electron chi connectivity index (χ0n) is 16.4. The summed E-state index contributed by atoms with van der Waals surface area (Å²) in [6.07, 6.45) is 6.39.